The van der Waals surface area contributed by atoms with Gasteiger partial charge in [0.1, 0.15) is 18.5 Å². The van der Waals surface area contributed by atoms with E-state index in [0.29, 0.717) is 11.2 Å². The van der Waals surface area contributed by atoms with Crippen molar-refractivity contribution in [1.82, 2.24) is 19.5 Å². The van der Waals surface area contributed by atoms with E-state index in [-0.39, 0.29) is 6.04 Å². The number of rotatable bonds is 3. The van der Waals surface area contributed by atoms with E-state index in [2.05, 4.69) is 44.1 Å². The molecule has 0 radical (unpaired) electrons. The van der Waals surface area contributed by atoms with Gasteiger partial charge < -0.3 is 19.8 Å². The zero-order valence-electron chi connectivity index (χ0n) is 15.8. The van der Waals surface area contributed by atoms with Crippen molar-refractivity contribution in [2.75, 3.05) is 11.9 Å². The van der Waals surface area contributed by atoms with Gasteiger partial charge in [0, 0.05) is 7.05 Å². The fraction of sp³-hybridized carbons (Fsp3) is 0.450. The molecule has 0 unspecified atom stereocenters. The number of nitrogens with zero attached hydrogens (tertiary/aromatic N) is 5. The van der Waals surface area contributed by atoms with Gasteiger partial charge in [0.25, 0.3) is 0 Å². The maximum atomic E-state index is 10.3. The van der Waals surface area contributed by atoms with Crippen molar-refractivity contribution in [1.29, 1.82) is 0 Å². The van der Waals surface area contributed by atoms with Crippen LogP contribution in [0.4, 0.5) is 5.82 Å². The summed E-state index contributed by atoms with van der Waals surface area (Å²) in [6, 6.07) is 8.73. The Kier molecular flexibility index (Phi) is 4.08. The van der Waals surface area contributed by atoms with Crippen LogP contribution in [0, 0.1) is 0 Å². The van der Waals surface area contributed by atoms with Crippen molar-refractivity contribution in [3.63, 3.8) is 0 Å². The Hall–Kier alpha value is -2.55. The predicted molar refractivity (Wildman–Crippen MR) is 103 cm³/mol. The third-order valence-corrected chi connectivity index (χ3v) is 5.99. The quantitative estimate of drug-likeness (QED) is 0.711. The molecule has 1 aromatic carbocycles. The minimum absolute atomic E-state index is 0.231. The Morgan fingerprint density at radius 1 is 1.14 bits per heavy atom. The largest absolute Gasteiger partial charge is 0.388 e. The molecule has 8 heteroatoms. The SMILES string of the molecule is C[C@H]1O[C@@H](n2cnc3c(N(C)[C@H]4CCc5ccccc54)ncnc32)[C@H](O)[C@@H]1O. The van der Waals surface area contributed by atoms with Crippen molar-refractivity contribution < 1.29 is 14.9 Å². The van der Waals surface area contributed by atoms with Gasteiger partial charge in [-0.2, -0.15) is 0 Å². The molecule has 1 fully saturated rings. The van der Waals surface area contributed by atoms with Crippen molar-refractivity contribution in [2.24, 2.45) is 0 Å². The van der Waals surface area contributed by atoms with Crippen molar-refractivity contribution in [3.05, 3.63) is 48.0 Å². The number of fused-ring (bicyclic) bond motifs is 2. The van der Waals surface area contributed by atoms with Crippen LogP contribution in [0.2, 0.25) is 0 Å². The summed E-state index contributed by atoms with van der Waals surface area (Å²) < 4.78 is 7.41. The second-order valence-corrected chi connectivity index (χ2v) is 7.60. The van der Waals surface area contributed by atoms with Crippen LogP contribution in [-0.2, 0) is 11.2 Å². The molecule has 0 spiro atoms. The fourth-order valence-corrected chi connectivity index (χ4v) is 4.43. The molecule has 2 aromatic heterocycles. The third kappa shape index (κ3) is 2.52. The first kappa shape index (κ1) is 17.5. The van der Waals surface area contributed by atoms with Gasteiger partial charge in [-0.1, -0.05) is 24.3 Å². The number of anilines is 1. The van der Waals surface area contributed by atoms with E-state index < -0.39 is 24.5 Å². The molecule has 0 bridgehead atoms. The number of benzene rings is 1. The minimum Gasteiger partial charge on any atom is -0.388 e. The van der Waals surface area contributed by atoms with Crippen LogP contribution in [-0.4, -0.2) is 55.1 Å². The highest BCUT2D eigenvalue weighted by Gasteiger charge is 2.42. The highest BCUT2D eigenvalue weighted by molar-refractivity contribution is 5.83. The highest BCUT2D eigenvalue weighted by atomic mass is 16.6. The number of ether oxygens (including phenoxy) is 1. The van der Waals surface area contributed by atoms with Crippen LogP contribution in [0.5, 0.6) is 0 Å². The standard InChI is InChI=1S/C20H23N5O3/c1-11-16(26)17(27)20(28-11)25-10-23-15-18(21-9-22-19(15)25)24(2)14-8-7-12-5-3-4-6-13(12)14/h3-6,9-11,14,16-17,20,26-27H,7-8H2,1-2H3/t11-,14+,16-,17-,20-/m1/s1. The highest BCUT2D eigenvalue weighted by Crippen LogP contribution is 2.39. The summed E-state index contributed by atoms with van der Waals surface area (Å²) in [5, 5.41) is 20.4. The second-order valence-electron chi connectivity index (χ2n) is 7.60. The van der Waals surface area contributed by atoms with Crippen LogP contribution < -0.4 is 4.90 Å². The number of hydrogen-bond acceptors (Lipinski definition) is 7. The first-order valence-electron chi connectivity index (χ1n) is 9.56. The van der Waals surface area contributed by atoms with Gasteiger partial charge in [-0.25, -0.2) is 15.0 Å². The van der Waals surface area contributed by atoms with Gasteiger partial charge in [0.2, 0.25) is 0 Å². The van der Waals surface area contributed by atoms with Crippen molar-refractivity contribution in [3.8, 4) is 0 Å². The lowest BCUT2D eigenvalue weighted by Crippen LogP contribution is -2.30. The van der Waals surface area contributed by atoms with Crippen LogP contribution >= 0.6 is 0 Å². The molecule has 3 aromatic rings. The van der Waals surface area contributed by atoms with Crippen LogP contribution in [0.3, 0.4) is 0 Å². The number of aromatic nitrogens is 4. The number of hydrogen-bond donors (Lipinski definition) is 2. The minimum atomic E-state index is -1.04. The number of imidazole rings is 1. The molecule has 146 valence electrons. The van der Waals surface area contributed by atoms with E-state index in [1.165, 1.54) is 17.5 Å². The second kappa shape index (κ2) is 6.51. The van der Waals surface area contributed by atoms with E-state index in [9.17, 15) is 10.2 Å². The van der Waals surface area contributed by atoms with E-state index in [1.54, 1.807) is 17.8 Å². The van der Waals surface area contributed by atoms with Crippen molar-refractivity contribution >= 4 is 17.0 Å². The zero-order valence-corrected chi connectivity index (χ0v) is 15.8. The first-order chi connectivity index (χ1) is 13.6. The topological polar surface area (TPSA) is 96.5 Å². The summed E-state index contributed by atoms with van der Waals surface area (Å²) in [5.74, 6) is 0.742. The van der Waals surface area contributed by atoms with Gasteiger partial charge in [0.15, 0.2) is 23.2 Å². The lowest BCUT2D eigenvalue weighted by Gasteiger charge is -2.26. The van der Waals surface area contributed by atoms with Gasteiger partial charge in [-0.05, 0) is 30.9 Å². The van der Waals surface area contributed by atoms with E-state index >= 15 is 0 Å². The first-order valence-corrected chi connectivity index (χ1v) is 9.56. The molecule has 2 N–H and O–H groups in total. The van der Waals surface area contributed by atoms with Gasteiger partial charge in [0.05, 0.1) is 18.5 Å². The normalized spacial score (nSPS) is 29.4. The van der Waals surface area contributed by atoms with E-state index in [1.807, 2.05) is 7.05 Å². The molecule has 28 heavy (non-hydrogen) atoms. The molecule has 0 saturated carbocycles. The van der Waals surface area contributed by atoms with Crippen molar-refractivity contribution in [2.45, 2.75) is 50.3 Å². The lowest BCUT2D eigenvalue weighted by atomic mass is 10.1. The molecule has 3 heterocycles. The maximum Gasteiger partial charge on any atom is 0.167 e. The molecular formula is C20H23N5O3. The molecule has 1 saturated heterocycles. The Morgan fingerprint density at radius 3 is 2.75 bits per heavy atom. The number of aliphatic hydroxyl groups is 2. The van der Waals surface area contributed by atoms with Gasteiger partial charge >= 0.3 is 0 Å². The number of aliphatic hydroxyl groups excluding tert-OH is 2. The summed E-state index contributed by atoms with van der Waals surface area (Å²) in [7, 11) is 2.03. The molecule has 2 aliphatic rings. The maximum absolute atomic E-state index is 10.3. The smallest absolute Gasteiger partial charge is 0.167 e. The van der Waals surface area contributed by atoms with Crippen LogP contribution in [0.15, 0.2) is 36.9 Å². The zero-order chi connectivity index (χ0) is 19.4. The predicted octanol–water partition coefficient (Wildman–Crippen LogP) is 1.59. The number of aryl methyl sites for hydroxylation is 1. The summed E-state index contributed by atoms with van der Waals surface area (Å²) in [5.41, 5.74) is 3.93. The molecular weight excluding hydrogens is 358 g/mol. The average Bonchev–Trinajstić information content (AvgIpc) is 3.40. The Morgan fingerprint density at radius 2 is 1.96 bits per heavy atom. The summed E-state index contributed by atoms with van der Waals surface area (Å²) in [6.07, 6.45) is 2.01. The van der Waals surface area contributed by atoms with E-state index in [4.69, 9.17) is 4.74 Å². The molecule has 1 aliphatic carbocycles. The van der Waals surface area contributed by atoms with Crippen LogP contribution in [0.1, 0.15) is 36.7 Å². The van der Waals surface area contributed by atoms with Crippen LogP contribution in [0.25, 0.3) is 11.2 Å². The average molecular weight is 381 g/mol. The molecule has 0 amide bonds. The fourth-order valence-electron chi connectivity index (χ4n) is 4.43. The monoisotopic (exact) mass is 381 g/mol. The van der Waals surface area contributed by atoms with Gasteiger partial charge in [-0.3, -0.25) is 4.57 Å². The summed E-state index contributed by atoms with van der Waals surface area (Å²) in [4.78, 5) is 15.5. The summed E-state index contributed by atoms with van der Waals surface area (Å²) >= 11 is 0. The lowest BCUT2D eigenvalue weighted by molar-refractivity contribution is -0.0299. The Bertz CT molecular complexity index is 1020. The summed E-state index contributed by atoms with van der Waals surface area (Å²) in [6.45, 7) is 1.73. The molecule has 1 aliphatic heterocycles. The Labute approximate surface area is 162 Å². The van der Waals surface area contributed by atoms with E-state index in [0.717, 1.165) is 18.7 Å². The van der Waals surface area contributed by atoms with Gasteiger partial charge in [-0.15, -0.1) is 0 Å². The Balaban J connectivity index is 1.53. The molecule has 8 nitrogen and oxygen atoms in total. The molecule has 5 atom stereocenters. The third-order valence-electron chi connectivity index (χ3n) is 5.99. The molecule has 5 rings (SSSR count).